The molecule has 5 nitrogen and oxygen atoms in total. The number of methoxy groups -OCH3 is 1. The number of nitrogens with one attached hydrogen (secondary N) is 1. The van der Waals surface area contributed by atoms with Gasteiger partial charge in [-0.25, -0.2) is 8.42 Å². The normalized spacial score (nSPS) is 17.6. The van der Waals surface area contributed by atoms with Crippen LogP contribution in [-0.2, 0) is 14.8 Å². The Morgan fingerprint density at radius 1 is 1.00 bits per heavy atom. The first kappa shape index (κ1) is 18.8. The number of nitrogens with zero attached hydrogens (tertiary/aromatic N) is 1. The van der Waals surface area contributed by atoms with Crippen molar-refractivity contribution in [3.63, 3.8) is 0 Å². The van der Waals surface area contributed by atoms with E-state index in [1.54, 1.807) is 19.2 Å². The third kappa shape index (κ3) is 3.98. The highest BCUT2D eigenvalue weighted by molar-refractivity contribution is 7.92. The van der Waals surface area contributed by atoms with E-state index in [-0.39, 0.29) is 11.0 Å². The summed E-state index contributed by atoms with van der Waals surface area (Å²) in [6, 6.07) is 20.4. The molecule has 4 rings (SSSR count). The highest BCUT2D eigenvalue weighted by atomic mass is 32.2. The van der Waals surface area contributed by atoms with Gasteiger partial charge in [-0.05, 0) is 60.0 Å². The zero-order valence-corrected chi connectivity index (χ0v) is 16.7. The maximum absolute atomic E-state index is 12.8. The van der Waals surface area contributed by atoms with Gasteiger partial charge in [0.05, 0.1) is 11.0 Å². The summed E-state index contributed by atoms with van der Waals surface area (Å²) in [6.07, 6.45) is 2.42. The SMILES string of the molecule is COC1CCCN(c2ccc(NS(=O)(=O)c3ccc4ccccc4c3)cc2)C1. The lowest BCUT2D eigenvalue weighted by Gasteiger charge is -2.33. The van der Waals surface area contributed by atoms with E-state index in [0.717, 1.165) is 42.4 Å². The third-order valence-electron chi connectivity index (χ3n) is 5.23. The fraction of sp³-hybridized carbons (Fsp3) is 0.273. The summed E-state index contributed by atoms with van der Waals surface area (Å²) in [6.45, 7) is 1.85. The van der Waals surface area contributed by atoms with Crippen LogP contribution in [0.15, 0.2) is 71.6 Å². The Hall–Kier alpha value is -2.57. The minimum atomic E-state index is -3.64. The predicted molar refractivity (Wildman–Crippen MR) is 113 cm³/mol. The molecule has 0 aliphatic carbocycles. The molecule has 1 heterocycles. The van der Waals surface area contributed by atoms with Crippen LogP contribution in [-0.4, -0.2) is 34.7 Å². The molecule has 0 bridgehead atoms. The van der Waals surface area contributed by atoms with Crippen LogP contribution in [0.1, 0.15) is 12.8 Å². The van der Waals surface area contributed by atoms with Gasteiger partial charge >= 0.3 is 0 Å². The van der Waals surface area contributed by atoms with Crippen molar-refractivity contribution in [2.75, 3.05) is 29.8 Å². The molecule has 0 radical (unpaired) electrons. The van der Waals surface area contributed by atoms with E-state index >= 15 is 0 Å². The van der Waals surface area contributed by atoms with Crippen LogP contribution in [0.5, 0.6) is 0 Å². The number of ether oxygens (including phenoxy) is 1. The number of anilines is 2. The minimum absolute atomic E-state index is 0.250. The highest BCUT2D eigenvalue weighted by Crippen LogP contribution is 2.25. The van der Waals surface area contributed by atoms with Gasteiger partial charge in [0.1, 0.15) is 0 Å². The molecule has 0 spiro atoms. The highest BCUT2D eigenvalue weighted by Gasteiger charge is 2.20. The van der Waals surface area contributed by atoms with Crippen LogP contribution in [0.25, 0.3) is 10.8 Å². The molecule has 1 aliphatic heterocycles. The van der Waals surface area contributed by atoms with Gasteiger partial charge in [-0.15, -0.1) is 0 Å². The van der Waals surface area contributed by atoms with Gasteiger partial charge in [0.25, 0.3) is 10.0 Å². The van der Waals surface area contributed by atoms with Crippen molar-refractivity contribution in [1.29, 1.82) is 0 Å². The lowest BCUT2D eigenvalue weighted by atomic mass is 10.1. The number of hydrogen-bond donors (Lipinski definition) is 1. The Kier molecular flexibility index (Phi) is 5.24. The second kappa shape index (κ2) is 7.81. The van der Waals surface area contributed by atoms with E-state index in [0.29, 0.717) is 5.69 Å². The lowest BCUT2D eigenvalue weighted by Crippen LogP contribution is -2.39. The summed E-state index contributed by atoms with van der Waals surface area (Å²) >= 11 is 0. The summed E-state index contributed by atoms with van der Waals surface area (Å²) in [5.41, 5.74) is 1.63. The number of benzene rings is 3. The predicted octanol–water partition coefficient (Wildman–Crippen LogP) is 4.26. The van der Waals surface area contributed by atoms with Crippen LogP contribution in [0.2, 0.25) is 0 Å². The molecule has 0 aromatic heterocycles. The van der Waals surface area contributed by atoms with E-state index in [2.05, 4.69) is 9.62 Å². The van der Waals surface area contributed by atoms with Crippen molar-refractivity contribution < 1.29 is 13.2 Å². The van der Waals surface area contributed by atoms with Crippen molar-refractivity contribution in [1.82, 2.24) is 0 Å². The van der Waals surface area contributed by atoms with E-state index in [1.165, 1.54) is 0 Å². The number of fused-ring (bicyclic) bond motifs is 1. The molecule has 0 amide bonds. The van der Waals surface area contributed by atoms with E-state index in [9.17, 15) is 8.42 Å². The molecule has 3 aromatic carbocycles. The molecule has 1 saturated heterocycles. The van der Waals surface area contributed by atoms with Crippen molar-refractivity contribution in [3.8, 4) is 0 Å². The zero-order valence-electron chi connectivity index (χ0n) is 15.8. The van der Waals surface area contributed by atoms with E-state index < -0.39 is 10.0 Å². The first-order chi connectivity index (χ1) is 13.5. The molecule has 1 aliphatic rings. The molecule has 28 heavy (non-hydrogen) atoms. The minimum Gasteiger partial charge on any atom is -0.380 e. The molecule has 146 valence electrons. The molecule has 1 N–H and O–H groups in total. The molecule has 6 heteroatoms. The molecule has 1 fully saturated rings. The second-order valence-corrected chi connectivity index (χ2v) is 8.79. The average Bonchev–Trinajstić information content (AvgIpc) is 2.73. The van der Waals surface area contributed by atoms with Gasteiger partial charge in [-0.1, -0.05) is 30.3 Å². The van der Waals surface area contributed by atoms with Crippen molar-refractivity contribution in [3.05, 3.63) is 66.7 Å². The van der Waals surface area contributed by atoms with Gasteiger partial charge < -0.3 is 9.64 Å². The second-order valence-electron chi connectivity index (χ2n) is 7.11. The maximum atomic E-state index is 12.8. The van der Waals surface area contributed by atoms with E-state index in [4.69, 9.17) is 4.74 Å². The van der Waals surface area contributed by atoms with Crippen molar-refractivity contribution >= 4 is 32.2 Å². The lowest BCUT2D eigenvalue weighted by molar-refractivity contribution is 0.0893. The van der Waals surface area contributed by atoms with Crippen molar-refractivity contribution in [2.24, 2.45) is 0 Å². The monoisotopic (exact) mass is 396 g/mol. The van der Waals surface area contributed by atoms with Crippen LogP contribution >= 0.6 is 0 Å². The molecular weight excluding hydrogens is 372 g/mol. The van der Waals surface area contributed by atoms with Crippen LogP contribution in [0.3, 0.4) is 0 Å². The largest absolute Gasteiger partial charge is 0.380 e. The van der Waals surface area contributed by atoms with Crippen molar-refractivity contribution in [2.45, 2.75) is 23.8 Å². The fourth-order valence-corrected chi connectivity index (χ4v) is 4.75. The van der Waals surface area contributed by atoms with Gasteiger partial charge in [0.2, 0.25) is 0 Å². The van der Waals surface area contributed by atoms with Crippen LogP contribution in [0, 0.1) is 0 Å². The number of rotatable bonds is 5. The molecule has 1 atom stereocenters. The molecule has 0 saturated carbocycles. The number of sulfonamides is 1. The van der Waals surface area contributed by atoms with E-state index in [1.807, 2.05) is 54.6 Å². The summed E-state index contributed by atoms with van der Waals surface area (Å²) in [4.78, 5) is 2.54. The quantitative estimate of drug-likeness (QED) is 0.700. The topological polar surface area (TPSA) is 58.6 Å². The third-order valence-corrected chi connectivity index (χ3v) is 6.61. The molecule has 3 aromatic rings. The van der Waals surface area contributed by atoms with Gasteiger partial charge in [0.15, 0.2) is 0 Å². The Morgan fingerprint density at radius 3 is 2.50 bits per heavy atom. The summed E-state index contributed by atoms with van der Waals surface area (Å²) in [5.74, 6) is 0. The maximum Gasteiger partial charge on any atom is 0.261 e. The molecular formula is C22H24N2O3S. The zero-order chi connectivity index (χ0) is 19.6. The fourth-order valence-electron chi connectivity index (χ4n) is 3.65. The standard InChI is InChI=1S/C22H24N2O3S/c1-27-21-7-4-14-24(16-21)20-11-9-19(10-12-20)23-28(25,26)22-13-8-17-5-2-3-6-18(17)15-22/h2-3,5-6,8-13,15,21,23H,4,7,14,16H2,1H3. The van der Waals surface area contributed by atoms with Crippen LogP contribution < -0.4 is 9.62 Å². The van der Waals surface area contributed by atoms with Gasteiger partial charge in [0, 0.05) is 31.6 Å². The molecule has 1 unspecified atom stereocenters. The summed E-state index contributed by atoms with van der Waals surface area (Å²) in [7, 11) is -1.89. The Balaban J connectivity index is 1.51. The van der Waals surface area contributed by atoms with Gasteiger partial charge in [-0.3, -0.25) is 4.72 Å². The first-order valence-electron chi connectivity index (χ1n) is 9.44. The number of piperidine rings is 1. The Morgan fingerprint density at radius 2 is 1.75 bits per heavy atom. The Labute approximate surface area is 166 Å². The first-order valence-corrected chi connectivity index (χ1v) is 10.9. The summed E-state index contributed by atoms with van der Waals surface area (Å²) in [5, 5.41) is 1.92. The number of hydrogen-bond acceptors (Lipinski definition) is 4. The average molecular weight is 397 g/mol. The van der Waals surface area contributed by atoms with Gasteiger partial charge in [-0.2, -0.15) is 0 Å². The Bertz CT molecular complexity index is 1060. The smallest absolute Gasteiger partial charge is 0.261 e. The summed E-state index contributed by atoms with van der Waals surface area (Å²) < 4.78 is 33.7. The van der Waals surface area contributed by atoms with Crippen LogP contribution in [0.4, 0.5) is 11.4 Å².